The first-order valence-electron chi connectivity index (χ1n) is 6.21. The summed E-state index contributed by atoms with van der Waals surface area (Å²) in [5, 5.41) is 11.5. The van der Waals surface area contributed by atoms with Crippen LogP contribution in [0.1, 0.15) is 27.7 Å². The highest BCUT2D eigenvalue weighted by molar-refractivity contribution is 5.80. The molecule has 18 heavy (non-hydrogen) atoms. The lowest BCUT2D eigenvalue weighted by molar-refractivity contribution is -0.137. The Morgan fingerprint density at radius 1 is 1.33 bits per heavy atom. The van der Waals surface area contributed by atoms with E-state index in [1.807, 2.05) is 27.7 Å². The van der Waals surface area contributed by atoms with Crippen molar-refractivity contribution in [3.8, 4) is 0 Å². The molecule has 0 aromatic heterocycles. The molecular formula is C12H24N2O4. The summed E-state index contributed by atoms with van der Waals surface area (Å²) in [7, 11) is 0. The van der Waals surface area contributed by atoms with E-state index < -0.39 is 5.97 Å². The largest absolute Gasteiger partial charge is 0.480 e. The van der Waals surface area contributed by atoms with Gasteiger partial charge in [0.05, 0.1) is 12.6 Å². The quantitative estimate of drug-likeness (QED) is 0.686. The normalized spacial score (nSPS) is 12.3. The van der Waals surface area contributed by atoms with E-state index in [4.69, 9.17) is 9.84 Å². The molecule has 1 atom stereocenters. The van der Waals surface area contributed by atoms with Gasteiger partial charge in [-0.25, -0.2) is 4.79 Å². The minimum absolute atomic E-state index is 0.138. The molecule has 0 fully saturated rings. The first-order valence-corrected chi connectivity index (χ1v) is 6.21. The van der Waals surface area contributed by atoms with Crippen molar-refractivity contribution < 1.29 is 19.4 Å². The smallest absolute Gasteiger partial charge is 0.323 e. The Bertz CT molecular complexity index is 269. The average molecular weight is 260 g/mol. The Kier molecular flexibility index (Phi) is 8.11. The lowest BCUT2D eigenvalue weighted by atomic mass is 10.2. The van der Waals surface area contributed by atoms with Gasteiger partial charge in [0.1, 0.15) is 6.54 Å². The zero-order valence-electron chi connectivity index (χ0n) is 11.6. The Hall–Kier alpha value is -1.30. The van der Waals surface area contributed by atoms with Gasteiger partial charge < -0.3 is 20.1 Å². The number of carbonyl (C=O) groups excluding carboxylic acids is 1. The molecule has 6 heteroatoms. The molecule has 0 saturated heterocycles. The molecule has 6 nitrogen and oxygen atoms in total. The highest BCUT2D eigenvalue weighted by atomic mass is 16.5. The van der Waals surface area contributed by atoms with Crippen LogP contribution in [0.5, 0.6) is 0 Å². The molecule has 0 aliphatic rings. The number of rotatable bonds is 8. The maximum absolute atomic E-state index is 11.9. The van der Waals surface area contributed by atoms with Gasteiger partial charge in [0.25, 0.3) is 0 Å². The van der Waals surface area contributed by atoms with Crippen LogP contribution in [0.3, 0.4) is 0 Å². The summed E-state index contributed by atoms with van der Waals surface area (Å²) in [6, 6.07) is -0.501. The molecule has 0 aliphatic heterocycles. The van der Waals surface area contributed by atoms with Crippen LogP contribution in [0.25, 0.3) is 0 Å². The van der Waals surface area contributed by atoms with Gasteiger partial charge in [-0.1, -0.05) is 13.8 Å². The Morgan fingerprint density at radius 3 is 2.39 bits per heavy atom. The summed E-state index contributed by atoms with van der Waals surface area (Å²) in [6.45, 7) is 8.71. The van der Waals surface area contributed by atoms with Crippen molar-refractivity contribution in [3.63, 3.8) is 0 Å². The number of aliphatic carboxylic acids is 1. The minimum Gasteiger partial charge on any atom is -0.480 e. The van der Waals surface area contributed by atoms with Crippen LogP contribution in [0.15, 0.2) is 0 Å². The van der Waals surface area contributed by atoms with Gasteiger partial charge in [-0.05, 0) is 19.8 Å². The molecule has 0 spiro atoms. The molecule has 2 N–H and O–H groups in total. The number of hydrogen-bond donors (Lipinski definition) is 2. The lowest BCUT2D eigenvalue weighted by Gasteiger charge is -2.25. The van der Waals surface area contributed by atoms with E-state index in [9.17, 15) is 9.59 Å². The lowest BCUT2D eigenvalue weighted by Crippen LogP contribution is -2.48. The van der Waals surface area contributed by atoms with Crippen LogP contribution < -0.4 is 5.32 Å². The summed E-state index contributed by atoms with van der Waals surface area (Å²) >= 11 is 0. The van der Waals surface area contributed by atoms with E-state index in [2.05, 4.69) is 5.32 Å². The van der Waals surface area contributed by atoms with Crippen LogP contribution in [-0.4, -0.2) is 54.4 Å². The van der Waals surface area contributed by atoms with E-state index in [0.717, 1.165) is 0 Å². The fourth-order valence-corrected chi connectivity index (χ4v) is 1.46. The van der Waals surface area contributed by atoms with Crippen molar-refractivity contribution in [1.29, 1.82) is 0 Å². The van der Waals surface area contributed by atoms with Crippen LogP contribution in [-0.2, 0) is 9.53 Å². The molecular weight excluding hydrogens is 236 g/mol. The van der Waals surface area contributed by atoms with E-state index in [1.54, 1.807) is 0 Å². The number of amides is 2. The first-order chi connectivity index (χ1) is 8.36. The van der Waals surface area contributed by atoms with Gasteiger partial charge in [-0.15, -0.1) is 0 Å². The number of hydrogen-bond acceptors (Lipinski definition) is 3. The predicted octanol–water partition coefficient (Wildman–Crippen LogP) is 1.16. The maximum Gasteiger partial charge on any atom is 0.323 e. The van der Waals surface area contributed by atoms with E-state index in [-0.39, 0.29) is 24.5 Å². The number of nitrogens with one attached hydrogen (secondary N) is 1. The molecule has 0 radical (unpaired) electrons. The monoisotopic (exact) mass is 260 g/mol. The third kappa shape index (κ3) is 7.89. The zero-order chi connectivity index (χ0) is 14.1. The van der Waals surface area contributed by atoms with Crippen LogP contribution >= 0.6 is 0 Å². The molecule has 0 aliphatic carbocycles. The fourth-order valence-electron chi connectivity index (χ4n) is 1.46. The van der Waals surface area contributed by atoms with Crippen LogP contribution in [0.4, 0.5) is 4.79 Å². The van der Waals surface area contributed by atoms with Crippen molar-refractivity contribution in [2.45, 2.75) is 33.7 Å². The molecule has 0 aromatic carbocycles. The number of carboxylic acids is 1. The molecule has 2 amide bonds. The van der Waals surface area contributed by atoms with Gasteiger partial charge in [-0.3, -0.25) is 4.79 Å². The van der Waals surface area contributed by atoms with Gasteiger partial charge >= 0.3 is 12.0 Å². The predicted molar refractivity (Wildman–Crippen MR) is 68.5 cm³/mol. The van der Waals surface area contributed by atoms with Crippen LogP contribution in [0, 0.1) is 5.92 Å². The second kappa shape index (κ2) is 8.74. The summed E-state index contributed by atoms with van der Waals surface area (Å²) in [5.74, 6) is -0.791. The minimum atomic E-state index is -1.01. The SMILES string of the molecule is CCOCC(C)NC(=O)N(CC(=O)O)CC(C)C. The summed E-state index contributed by atoms with van der Waals surface area (Å²) in [6.07, 6.45) is 0. The highest BCUT2D eigenvalue weighted by Crippen LogP contribution is 2.00. The molecule has 0 heterocycles. The third-order valence-corrected chi connectivity index (χ3v) is 2.14. The Balaban J connectivity index is 4.31. The van der Waals surface area contributed by atoms with Gasteiger partial charge in [0, 0.05) is 13.2 Å². The molecule has 0 saturated carbocycles. The Labute approximate surface area is 108 Å². The number of urea groups is 1. The van der Waals surface area contributed by atoms with Crippen LogP contribution in [0.2, 0.25) is 0 Å². The second-order valence-corrected chi connectivity index (χ2v) is 4.68. The fraction of sp³-hybridized carbons (Fsp3) is 0.833. The molecule has 1 unspecified atom stereocenters. The number of carboxylic acid groups (broad SMARTS) is 1. The van der Waals surface area contributed by atoms with Gasteiger partial charge in [0.2, 0.25) is 0 Å². The maximum atomic E-state index is 11.9. The zero-order valence-corrected chi connectivity index (χ0v) is 11.6. The first kappa shape index (κ1) is 16.7. The van der Waals surface area contributed by atoms with Crippen molar-refractivity contribution in [1.82, 2.24) is 10.2 Å². The van der Waals surface area contributed by atoms with Crippen molar-refractivity contribution in [2.24, 2.45) is 5.92 Å². The standard InChI is InChI=1S/C12H24N2O4/c1-5-18-8-10(4)13-12(17)14(6-9(2)3)7-11(15)16/h9-10H,5-8H2,1-4H3,(H,13,17)(H,15,16). The number of ether oxygens (including phenoxy) is 1. The van der Waals surface area contributed by atoms with Gasteiger partial charge in [-0.2, -0.15) is 0 Å². The number of nitrogens with zero attached hydrogens (tertiary/aromatic N) is 1. The van der Waals surface area contributed by atoms with Gasteiger partial charge in [0.15, 0.2) is 0 Å². The average Bonchev–Trinajstić information content (AvgIpc) is 2.24. The van der Waals surface area contributed by atoms with E-state index in [1.165, 1.54) is 4.90 Å². The molecule has 0 rings (SSSR count). The van der Waals surface area contributed by atoms with Crippen molar-refractivity contribution in [3.05, 3.63) is 0 Å². The highest BCUT2D eigenvalue weighted by Gasteiger charge is 2.19. The van der Waals surface area contributed by atoms with Crippen molar-refractivity contribution in [2.75, 3.05) is 26.3 Å². The second-order valence-electron chi connectivity index (χ2n) is 4.68. The van der Waals surface area contributed by atoms with Crippen molar-refractivity contribution >= 4 is 12.0 Å². The summed E-state index contributed by atoms with van der Waals surface area (Å²) in [4.78, 5) is 23.9. The van der Waals surface area contributed by atoms with E-state index >= 15 is 0 Å². The molecule has 0 bridgehead atoms. The topological polar surface area (TPSA) is 78.9 Å². The number of carbonyl (C=O) groups is 2. The third-order valence-electron chi connectivity index (χ3n) is 2.14. The Morgan fingerprint density at radius 2 is 1.94 bits per heavy atom. The summed E-state index contributed by atoms with van der Waals surface area (Å²) in [5.41, 5.74) is 0. The van der Waals surface area contributed by atoms with E-state index in [0.29, 0.717) is 19.8 Å². The molecule has 106 valence electrons. The molecule has 0 aromatic rings. The summed E-state index contributed by atoms with van der Waals surface area (Å²) < 4.78 is 5.19.